The molecule has 24 heavy (non-hydrogen) atoms. The molecule has 0 saturated carbocycles. The summed E-state index contributed by atoms with van der Waals surface area (Å²) in [7, 11) is 1.45. The third-order valence-corrected chi connectivity index (χ3v) is 4.91. The maximum absolute atomic E-state index is 14.1. The molecule has 3 N–H and O–H groups in total. The van der Waals surface area contributed by atoms with Crippen LogP contribution in [0, 0.1) is 11.7 Å². The number of anilines is 1. The van der Waals surface area contributed by atoms with E-state index < -0.39 is 0 Å². The first-order valence-electron chi connectivity index (χ1n) is 8.04. The number of hydrogen-bond acceptors (Lipinski definition) is 7. The fourth-order valence-corrected chi connectivity index (χ4v) is 3.44. The first kappa shape index (κ1) is 17.2. The number of rotatable bonds is 6. The molecular weight excluding hydrogens is 329 g/mol. The molecule has 3 rings (SSSR count). The van der Waals surface area contributed by atoms with Crippen LogP contribution in [-0.2, 0) is 0 Å². The van der Waals surface area contributed by atoms with Gasteiger partial charge < -0.3 is 9.64 Å². The molecule has 0 unspecified atom stereocenters. The van der Waals surface area contributed by atoms with Gasteiger partial charge in [0.1, 0.15) is 12.1 Å². The van der Waals surface area contributed by atoms with Crippen molar-refractivity contribution in [2.24, 2.45) is 11.1 Å². The first-order valence-corrected chi connectivity index (χ1v) is 8.92. The average Bonchev–Trinajstić information content (AvgIpc) is 2.61. The van der Waals surface area contributed by atoms with E-state index in [1.165, 1.54) is 31.6 Å². The van der Waals surface area contributed by atoms with Crippen LogP contribution in [0.4, 0.5) is 10.2 Å². The minimum atomic E-state index is -0.388. The minimum absolute atomic E-state index is 0.205. The molecule has 1 aliphatic rings. The molecule has 0 aliphatic carbocycles. The highest BCUT2D eigenvalue weighted by molar-refractivity contribution is 7.95. The number of nitrogens with one attached hydrogen (secondary N) is 1. The van der Waals surface area contributed by atoms with Crippen molar-refractivity contribution >= 4 is 28.9 Å². The van der Waals surface area contributed by atoms with E-state index in [9.17, 15) is 4.39 Å². The van der Waals surface area contributed by atoms with Crippen LogP contribution in [0.2, 0.25) is 0 Å². The molecule has 1 aromatic heterocycles. The van der Waals surface area contributed by atoms with Crippen LogP contribution in [0.3, 0.4) is 0 Å². The monoisotopic (exact) mass is 351 g/mol. The van der Waals surface area contributed by atoms with Crippen LogP contribution >= 0.6 is 12.1 Å². The second-order valence-corrected chi connectivity index (χ2v) is 6.46. The molecule has 0 radical (unpaired) electrons. The van der Waals surface area contributed by atoms with Crippen LogP contribution < -0.4 is 19.5 Å². The molecule has 1 aliphatic heterocycles. The van der Waals surface area contributed by atoms with Crippen molar-refractivity contribution in [2.45, 2.75) is 19.3 Å². The van der Waals surface area contributed by atoms with Crippen molar-refractivity contribution < 1.29 is 9.13 Å². The summed E-state index contributed by atoms with van der Waals surface area (Å²) in [5, 5.41) is 6.10. The number of nitrogens with zero attached hydrogens (tertiary/aromatic N) is 3. The predicted molar refractivity (Wildman–Crippen MR) is 95.4 cm³/mol. The molecule has 130 valence electrons. The van der Waals surface area contributed by atoms with Crippen molar-refractivity contribution in [1.29, 1.82) is 0 Å². The van der Waals surface area contributed by atoms with Gasteiger partial charge in [-0.3, -0.25) is 9.86 Å². The first-order chi connectivity index (χ1) is 11.7. The quantitative estimate of drug-likeness (QED) is 0.612. The Labute approximate surface area is 145 Å². The summed E-state index contributed by atoms with van der Waals surface area (Å²) >= 11 is 1.17. The van der Waals surface area contributed by atoms with Crippen LogP contribution in [0.25, 0.3) is 10.9 Å². The Bertz CT molecular complexity index is 693. The van der Waals surface area contributed by atoms with E-state index in [1.54, 1.807) is 6.07 Å². The molecule has 0 spiro atoms. The molecule has 6 nitrogen and oxygen atoms in total. The number of aromatic nitrogens is 2. The van der Waals surface area contributed by atoms with Gasteiger partial charge in [0, 0.05) is 43.2 Å². The van der Waals surface area contributed by atoms with Crippen LogP contribution in [0.15, 0.2) is 18.5 Å². The summed E-state index contributed by atoms with van der Waals surface area (Å²) in [5.74, 6) is 1.30. The summed E-state index contributed by atoms with van der Waals surface area (Å²) in [6.45, 7) is 2.76. The van der Waals surface area contributed by atoms with E-state index in [0.29, 0.717) is 11.4 Å². The van der Waals surface area contributed by atoms with Gasteiger partial charge in [-0.05, 0) is 31.2 Å². The van der Waals surface area contributed by atoms with E-state index in [2.05, 4.69) is 19.6 Å². The van der Waals surface area contributed by atoms with Crippen LogP contribution in [0.5, 0.6) is 5.75 Å². The summed E-state index contributed by atoms with van der Waals surface area (Å²) in [6, 6.07) is 3.09. The van der Waals surface area contributed by atoms with Gasteiger partial charge in [0.15, 0.2) is 11.6 Å². The van der Waals surface area contributed by atoms with E-state index in [0.717, 1.165) is 50.1 Å². The highest BCUT2D eigenvalue weighted by atomic mass is 32.2. The van der Waals surface area contributed by atoms with Crippen molar-refractivity contribution in [3.05, 3.63) is 24.3 Å². The molecule has 0 bridgehead atoms. The second kappa shape index (κ2) is 7.96. The fraction of sp³-hybridized carbons (Fsp3) is 0.500. The summed E-state index contributed by atoms with van der Waals surface area (Å²) < 4.78 is 22.2. The molecule has 2 aromatic rings. The second-order valence-electron chi connectivity index (χ2n) is 5.93. The lowest BCUT2D eigenvalue weighted by Gasteiger charge is -2.33. The van der Waals surface area contributed by atoms with E-state index in [1.807, 2.05) is 0 Å². The SMILES string of the molecule is COc1cc2ncnc(N3CCC(CCNSN)CC3)c2cc1F. The van der Waals surface area contributed by atoms with Crippen molar-refractivity contribution in [2.75, 3.05) is 31.6 Å². The normalized spacial score (nSPS) is 15.9. The Morgan fingerprint density at radius 3 is 2.88 bits per heavy atom. The van der Waals surface area contributed by atoms with Crippen molar-refractivity contribution in [3.8, 4) is 5.75 Å². The fourth-order valence-electron chi connectivity index (χ4n) is 3.21. The standard InChI is InChI=1S/C16H22FN5OS/c1-23-15-9-14-12(8-13(15)17)16(20-10-19-14)22-6-3-11(4-7-22)2-5-21-24-18/h8-11,21H,2-7,18H2,1H3. The Kier molecular flexibility index (Phi) is 5.70. The predicted octanol–water partition coefficient (Wildman–Crippen LogP) is 2.50. The van der Waals surface area contributed by atoms with Crippen LogP contribution in [0.1, 0.15) is 19.3 Å². The summed E-state index contributed by atoms with van der Waals surface area (Å²) in [6.07, 6.45) is 4.85. The third-order valence-electron chi connectivity index (χ3n) is 4.54. The molecule has 0 atom stereocenters. The van der Waals surface area contributed by atoms with Gasteiger partial charge >= 0.3 is 0 Å². The maximum Gasteiger partial charge on any atom is 0.165 e. The number of piperidine rings is 1. The third kappa shape index (κ3) is 3.71. The number of halogens is 1. The minimum Gasteiger partial charge on any atom is -0.494 e. The summed E-state index contributed by atoms with van der Waals surface area (Å²) in [5.41, 5.74) is 0.699. The maximum atomic E-state index is 14.1. The Morgan fingerprint density at radius 1 is 1.38 bits per heavy atom. The van der Waals surface area contributed by atoms with Gasteiger partial charge in [-0.2, -0.15) is 0 Å². The van der Waals surface area contributed by atoms with Gasteiger partial charge in [-0.1, -0.05) is 0 Å². The Balaban J connectivity index is 1.75. The topological polar surface area (TPSA) is 76.3 Å². The van der Waals surface area contributed by atoms with Gasteiger partial charge in [-0.25, -0.2) is 14.4 Å². The number of fused-ring (bicyclic) bond motifs is 1. The molecule has 1 aromatic carbocycles. The van der Waals surface area contributed by atoms with E-state index in [-0.39, 0.29) is 11.6 Å². The van der Waals surface area contributed by atoms with Gasteiger partial charge in [0.2, 0.25) is 0 Å². The van der Waals surface area contributed by atoms with Gasteiger partial charge in [-0.15, -0.1) is 0 Å². The van der Waals surface area contributed by atoms with E-state index in [4.69, 9.17) is 9.88 Å². The lowest BCUT2D eigenvalue weighted by molar-refractivity contribution is 0.382. The zero-order valence-corrected chi connectivity index (χ0v) is 14.5. The largest absolute Gasteiger partial charge is 0.494 e. The number of hydrogen-bond donors (Lipinski definition) is 2. The molecular formula is C16H22FN5OS. The number of nitrogens with two attached hydrogens (primary N) is 1. The smallest absolute Gasteiger partial charge is 0.165 e. The van der Waals surface area contributed by atoms with Crippen molar-refractivity contribution in [3.63, 3.8) is 0 Å². The van der Waals surface area contributed by atoms with E-state index >= 15 is 0 Å². The Hall–Kier alpha value is -1.64. The average molecular weight is 351 g/mol. The summed E-state index contributed by atoms with van der Waals surface area (Å²) in [4.78, 5) is 10.9. The number of ether oxygens (including phenoxy) is 1. The molecule has 0 amide bonds. The zero-order valence-electron chi connectivity index (χ0n) is 13.7. The molecule has 1 saturated heterocycles. The number of methoxy groups -OCH3 is 1. The van der Waals surface area contributed by atoms with Gasteiger partial charge in [0.25, 0.3) is 0 Å². The zero-order chi connectivity index (χ0) is 16.9. The van der Waals surface area contributed by atoms with Crippen LogP contribution in [-0.4, -0.2) is 36.7 Å². The van der Waals surface area contributed by atoms with Crippen molar-refractivity contribution in [1.82, 2.24) is 14.7 Å². The Morgan fingerprint density at radius 2 is 2.17 bits per heavy atom. The molecule has 1 fully saturated rings. The molecule has 2 heterocycles. The highest BCUT2D eigenvalue weighted by Crippen LogP contribution is 2.31. The lowest BCUT2D eigenvalue weighted by Crippen LogP contribution is -2.35. The highest BCUT2D eigenvalue weighted by Gasteiger charge is 2.22. The number of benzene rings is 1. The lowest BCUT2D eigenvalue weighted by atomic mass is 9.93. The van der Waals surface area contributed by atoms with Gasteiger partial charge in [0.05, 0.1) is 12.6 Å². The molecule has 8 heteroatoms.